The first-order chi connectivity index (χ1) is 12.0. The summed E-state index contributed by atoms with van der Waals surface area (Å²) in [6, 6.07) is 6.55. The van der Waals surface area contributed by atoms with Gasteiger partial charge in [-0.15, -0.1) is 0 Å². The Kier molecular flexibility index (Phi) is 7.55. The molecule has 7 heteroatoms. The second-order valence-corrected chi connectivity index (χ2v) is 7.53. The van der Waals surface area contributed by atoms with Gasteiger partial charge in [0.2, 0.25) is 5.91 Å². The Morgan fingerprint density at radius 3 is 2.68 bits per heavy atom. The summed E-state index contributed by atoms with van der Waals surface area (Å²) >= 11 is 1.91. The van der Waals surface area contributed by atoms with Crippen LogP contribution in [0.15, 0.2) is 29.3 Å². The maximum atomic E-state index is 13.0. The summed E-state index contributed by atoms with van der Waals surface area (Å²) in [6.45, 7) is 0.394. The molecule has 0 spiro atoms. The number of hydrogen-bond acceptors (Lipinski definition) is 3. The van der Waals surface area contributed by atoms with Gasteiger partial charge in [0.1, 0.15) is 5.82 Å². The van der Waals surface area contributed by atoms with Crippen molar-refractivity contribution in [3.05, 3.63) is 35.6 Å². The van der Waals surface area contributed by atoms with Gasteiger partial charge >= 0.3 is 0 Å². The van der Waals surface area contributed by atoms with Gasteiger partial charge in [-0.3, -0.25) is 9.79 Å². The number of primary amides is 1. The lowest BCUT2D eigenvalue weighted by atomic mass is 9.98. The van der Waals surface area contributed by atoms with Crippen LogP contribution in [-0.2, 0) is 11.2 Å². The quantitative estimate of drug-likeness (QED) is 0.509. The van der Waals surface area contributed by atoms with Gasteiger partial charge < -0.3 is 16.4 Å². The van der Waals surface area contributed by atoms with E-state index in [1.165, 1.54) is 18.6 Å². The lowest BCUT2D eigenvalue weighted by Gasteiger charge is -2.20. The number of carbonyl (C=O) groups is 1. The third-order valence-electron chi connectivity index (χ3n) is 4.60. The molecule has 1 amide bonds. The molecule has 0 aromatic heterocycles. The van der Waals surface area contributed by atoms with Crippen LogP contribution in [0.4, 0.5) is 4.39 Å². The van der Waals surface area contributed by atoms with Crippen molar-refractivity contribution in [2.24, 2.45) is 16.6 Å². The van der Waals surface area contributed by atoms with E-state index >= 15 is 0 Å². The van der Waals surface area contributed by atoms with Crippen LogP contribution in [0.5, 0.6) is 0 Å². The van der Waals surface area contributed by atoms with E-state index in [2.05, 4.69) is 21.9 Å². The van der Waals surface area contributed by atoms with Gasteiger partial charge in [0, 0.05) is 24.9 Å². The standard InChI is InChI=1S/C18H27FN4OS/c1-21-18(23-15-7-8-16(10-15)25-2)22-11-13(17(20)24)9-12-3-5-14(19)6-4-12/h3-6,13,15-16H,7-11H2,1-2H3,(H2,20,24)(H2,21,22,23). The summed E-state index contributed by atoms with van der Waals surface area (Å²) in [5.41, 5.74) is 6.41. The molecule has 0 radical (unpaired) electrons. The predicted octanol–water partition coefficient (Wildman–Crippen LogP) is 1.92. The number of carbonyl (C=O) groups excluding carboxylic acids is 1. The van der Waals surface area contributed by atoms with Crippen molar-refractivity contribution >= 4 is 23.6 Å². The van der Waals surface area contributed by atoms with E-state index in [9.17, 15) is 9.18 Å². The molecule has 0 aliphatic heterocycles. The van der Waals surface area contributed by atoms with E-state index in [-0.39, 0.29) is 17.6 Å². The number of rotatable bonds is 7. The van der Waals surface area contributed by atoms with E-state index in [4.69, 9.17) is 5.73 Å². The summed E-state index contributed by atoms with van der Waals surface area (Å²) in [4.78, 5) is 16.0. The van der Waals surface area contributed by atoms with Gasteiger partial charge in [-0.05, 0) is 49.6 Å². The topological polar surface area (TPSA) is 79.5 Å². The third kappa shape index (κ3) is 6.23. The van der Waals surface area contributed by atoms with E-state index in [0.29, 0.717) is 30.2 Å². The SMILES string of the molecule is CN=C(NCC(Cc1ccc(F)cc1)C(N)=O)NC1CCC(SC)C1. The van der Waals surface area contributed by atoms with Gasteiger partial charge in [0.05, 0.1) is 5.92 Å². The molecule has 1 saturated carbocycles. The maximum absolute atomic E-state index is 13.0. The zero-order valence-electron chi connectivity index (χ0n) is 14.8. The summed E-state index contributed by atoms with van der Waals surface area (Å²) in [6.07, 6.45) is 6.08. The van der Waals surface area contributed by atoms with Gasteiger partial charge in [0.25, 0.3) is 0 Å². The average Bonchev–Trinajstić information content (AvgIpc) is 3.06. The molecule has 25 heavy (non-hydrogen) atoms. The summed E-state index contributed by atoms with van der Waals surface area (Å²) in [5.74, 6) is -0.360. The number of aliphatic imine (C=N–C) groups is 1. The molecule has 0 saturated heterocycles. The Balaban J connectivity index is 1.86. The second kappa shape index (κ2) is 9.65. The molecule has 1 aromatic rings. The zero-order chi connectivity index (χ0) is 18.2. The molecule has 4 N–H and O–H groups in total. The number of benzene rings is 1. The van der Waals surface area contributed by atoms with Crippen LogP contribution in [0.1, 0.15) is 24.8 Å². The van der Waals surface area contributed by atoms with E-state index in [1.54, 1.807) is 19.2 Å². The minimum absolute atomic E-state index is 0.290. The fraction of sp³-hybridized carbons (Fsp3) is 0.556. The van der Waals surface area contributed by atoms with Crippen molar-refractivity contribution in [3.63, 3.8) is 0 Å². The molecule has 1 aliphatic rings. The number of guanidine groups is 1. The molecular weight excluding hydrogens is 339 g/mol. The van der Waals surface area contributed by atoms with Crippen molar-refractivity contribution in [3.8, 4) is 0 Å². The maximum Gasteiger partial charge on any atom is 0.222 e. The minimum atomic E-state index is -0.383. The first-order valence-corrected chi connectivity index (χ1v) is 9.84. The van der Waals surface area contributed by atoms with Crippen LogP contribution in [0.2, 0.25) is 0 Å². The Labute approximate surface area is 153 Å². The monoisotopic (exact) mass is 366 g/mol. The first kappa shape index (κ1) is 19.6. The third-order valence-corrected chi connectivity index (χ3v) is 5.69. The molecule has 3 unspecified atom stereocenters. The number of hydrogen-bond donors (Lipinski definition) is 3. The average molecular weight is 367 g/mol. The van der Waals surface area contributed by atoms with Crippen molar-refractivity contribution in [2.45, 2.75) is 37.0 Å². The molecule has 1 fully saturated rings. The summed E-state index contributed by atoms with van der Waals surface area (Å²) < 4.78 is 13.0. The van der Waals surface area contributed by atoms with Gasteiger partial charge in [-0.2, -0.15) is 11.8 Å². The van der Waals surface area contributed by atoms with Crippen LogP contribution in [0.25, 0.3) is 0 Å². The van der Waals surface area contributed by atoms with Crippen LogP contribution < -0.4 is 16.4 Å². The lowest BCUT2D eigenvalue weighted by Crippen LogP contribution is -2.46. The number of halogens is 1. The Morgan fingerprint density at radius 1 is 1.40 bits per heavy atom. The smallest absolute Gasteiger partial charge is 0.222 e. The van der Waals surface area contributed by atoms with Crippen molar-refractivity contribution in [2.75, 3.05) is 19.8 Å². The van der Waals surface area contributed by atoms with Crippen LogP contribution in [-0.4, -0.2) is 43.0 Å². The predicted molar refractivity (Wildman–Crippen MR) is 102 cm³/mol. The van der Waals surface area contributed by atoms with Crippen LogP contribution >= 0.6 is 11.8 Å². The Hall–Kier alpha value is -1.76. The van der Waals surface area contributed by atoms with Crippen molar-refractivity contribution < 1.29 is 9.18 Å². The number of nitrogens with two attached hydrogens (primary N) is 1. The lowest BCUT2D eigenvalue weighted by molar-refractivity contribution is -0.121. The van der Waals surface area contributed by atoms with E-state index in [1.807, 2.05) is 11.8 Å². The van der Waals surface area contributed by atoms with E-state index < -0.39 is 0 Å². The number of thioether (sulfide) groups is 1. The van der Waals surface area contributed by atoms with Crippen molar-refractivity contribution in [1.82, 2.24) is 10.6 Å². The Morgan fingerprint density at radius 2 is 2.12 bits per heavy atom. The second-order valence-electron chi connectivity index (χ2n) is 6.40. The highest BCUT2D eigenvalue weighted by atomic mass is 32.2. The fourth-order valence-corrected chi connectivity index (χ4v) is 3.87. The van der Waals surface area contributed by atoms with Crippen LogP contribution in [0, 0.1) is 11.7 Å². The summed E-state index contributed by atoms with van der Waals surface area (Å²) in [5, 5.41) is 7.32. The zero-order valence-corrected chi connectivity index (χ0v) is 15.6. The Bertz CT molecular complexity index is 593. The highest BCUT2D eigenvalue weighted by Crippen LogP contribution is 2.28. The number of nitrogens with one attached hydrogen (secondary N) is 2. The molecule has 2 rings (SSSR count). The van der Waals surface area contributed by atoms with Crippen LogP contribution in [0.3, 0.4) is 0 Å². The molecule has 138 valence electrons. The fourth-order valence-electron chi connectivity index (χ4n) is 3.07. The van der Waals surface area contributed by atoms with Gasteiger partial charge in [-0.25, -0.2) is 4.39 Å². The molecule has 1 aliphatic carbocycles. The minimum Gasteiger partial charge on any atom is -0.369 e. The largest absolute Gasteiger partial charge is 0.369 e. The first-order valence-electron chi connectivity index (χ1n) is 8.55. The molecule has 0 bridgehead atoms. The summed E-state index contributed by atoms with van der Waals surface area (Å²) in [7, 11) is 1.72. The van der Waals surface area contributed by atoms with Gasteiger partial charge in [-0.1, -0.05) is 12.1 Å². The molecule has 3 atom stereocenters. The molecule has 1 aromatic carbocycles. The number of nitrogens with zero attached hydrogens (tertiary/aromatic N) is 1. The van der Waals surface area contributed by atoms with E-state index in [0.717, 1.165) is 18.4 Å². The van der Waals surface area contributed by atoms with Crippen molar-refractivity contribution in [1.29, 1.82) is 0 Å². The van der Waals surface area contributed by atoms with Gasteiger partial charge in [0.15, 0.2) is 5.96 Å². The highest BCUT2D eigenvalue weighted by molar-refractivity contribution is 7.99. The normalized spacial score (nSPS) is 21.8. The molecular formula is C18H27FN4OS. The molecule has 0 heterocycles. The molecule has 5 nitrogen and oxygen atoms in total. The highest BCUT2D eigenvalue weighted by Gasteiger charge is 2.25. The number of amides is 1.